The molecule has 2 fully saturated rings. The van der Waals surface area contributed by atoms with E-state index in [0.29, 0.717) is 12.3 Å². The van der Waals surface area contributed by atoms with Crippen molar-refractivity contribution in [1.82, 2.24) is 10.1 Å². The van der Waals surface area contributed by atoms with E-state index < -0.39 is 0 Å². The summed E-state index contributed by atoms with van der Waals surface area (Å²) in [5.41, 5.74) is 1.08. The second kappa shape index (κ2) is 5.41. The van der Waals surface area contributed by atoms with Crippen molar-refractivity contribution in [3.8, 4) is 0 Å². The average Bonchev–Trinajstić information content (AvgIpc) is 3.10. The van der Waals surface area contributed by atoms with Crippen molar-refractivity contribution in [2.24, 2.45) is 0 Å². The minimum Gasteiger partial charge on any atom is -0.396 e. The highest BCUT2D eigenvalue weighted by molar-refractivity contribution is 5.13. The first kappa shape index (κ1) is 12.2. The minimum atomic E-state index is 0.132. The van der Waals surface area contributed by atoms with Crippen LogP contribution >= 0.6 is 0 Å². The number of aromatic nitrogens is 1. The third-order valence-corrected chi connectivity index (χ3v) is 4.41. The number of likely N-dealkylation sites (tertiary alicyclic amines) is 1. The molecule has 1 aliphatic heterocycles. The van der Waals surface area contributed by atoms with Crippen molar-refractivity contribution in [3.63, 3.8) is 0 Å². The average molecular weight is 250 g/mol. The molecule has 1 aromatic rings. The van der Waals surface area contributed by atoms with Crippen LogP contribution in [0.3, 0.4) is 0 Å². The highest BCUT2D eigenvalue weighted by atomic mass is 16.5. The van der Waals surface area contributed by atoms with E-state index in [1.807, 2.05) is 6.07 Å². The number of rotatable bonds is 4. The molecule has 3 rings (SSSR count). The second-order valence-corrected chi connectivity index (χ2v) is 5.61. The Morgan fingerprint density at radius 1 is 1.33 bits per heavy atom. The first-order valence-corrected chi connectivity index (χ1v) is 7.17. The molecule has 1 saturated carbocycles. The van der Waals surface area contributed by atoms with Gasteiger partial charge in [-0.15, -0.1) is 0 Å². The Kier molecular flexibility index (Phi) is 3.66. The largest absolute Gasteiger partial charge is 0.396 e. The lowest BCUT2D eigenvalue weighted by Gasteiger charge is -2.23. The molecule has 1 atom stereocenters. The fraction of sp³-hybridized carbons (Fsp3) is 0.786. The van der Waals surface area contributed by atoms with Crippen molar-refractivity contribution in [3.05, 3.63) is 17.5 Å². The van der Waals surface area contributed by atoms with Crippen LogP contribution in [-0.2, 0) is 6.42 Å². The molecular formula is C14H22N2O2. The van der Waals surface area contributed by atoms with Crippen LogP contribution in [0.5, 0.6) is 0 Å². The summed E-state index contributed by atoms with van der Waals surface area (Å²) in [5.74, 6) is 1.34. The van der Waals surface area contributed by atoms with Crippen molar-refractivity contribution in [2.75, 3.05) is 19.7 Å². The molecule has 0 spiro atoms. The Balaban J connectivity index is 1.60. The first-order chi connectivity index (χ1) is 8.86. The predicted octanol–water partition coefficient (Wildman–Crippen LogP) is 1.94. The molecule has 1 saturated heterocycles. The Morgan fingerprint density at radius 3 is 2.94 bits per heavy atom. The summed E-state index contributed by atoms with van der Waals surface area (Å²) < 4.78 is 5.25. The van der Waals surface area contributed by atoms with Crippen LogP contribution in [0.25, 0.3) is 0 Å². The number of aliphatic hydroxyl groups is 1. The molecule has 4 heteroatoms. The summed E-state index contributed by atoms with van der Waals surface area (Å²) in [6, 6.07) is 2.85. The van der Waals surface area contributed by atoms with Crippen LogP contribution < -0.4 is 0 Å². The summed E-state index contributed by atoms with van der Waals surface area (Å²) >= 11 is 0. The number of nitrogens with zero attached hydrogens (tertiary/aromatic N) is 2. The Bertz CT molecular complexity index is 385. The van der Waals surface area contributed by atoms with Gasteiger partial charge in [-0.2, -0.15) is 0 Å². The second-order valence-electron chi connectivity index (χ2n) is 5.61. The molecule has 2 heterocycles. The van der Waals surface area contributed by atoms with Crippen LogP contribution in [0, 0.1) is 0 Å². The van der Waals surface area contributed by atoms with Crippen LogP contribution in [0.15, 0.2) is 10.6 Å². The quantitative estimate of drug-likeness (QED) is 0.887. The van der Waals surface area contributed by atoms with Gasteiger partial charge in [0.25, 0.3) is 0 Å². The highest BCUT2D eigenvalue weighted by Gasteiger charge is 2.31. The molecule has 1 N–H and O–H groups in total. The van der Waals surface area contributed by atoms with Gasteiger partial charge in [-0.05, 0) is 25.8 Å². The topological polar surface area (TPSA) is 49.5 Å². The lowest BCUT2D eigenvalue weighted by atomic mass is 10.0. The van der Waals surface area contributed by atoms with E-state index in [2.05, 4.69) is 10.1 Å². The molecule has 4 nitrogen and oxygen atoms in total. The van der Waals surface area contributed by atoms with E-state index in [4.69, 9.17) is 9.63 Å². The van der Waals surface area contributed by atoms with Crippen LogP contribution in [0.4, 0.5) is 0 Å². The summed E-state index contributed by atoms with van der Waals surface area (Å²) in [7, 11) is 0. The van der Waals surface area contributed by atoms with Gasteiger partial charge < -0.3 is 9.63 Å². The molecule has 0 amide bonds. The normalized spacial score (nSPS) is 26.2. The summed E-state index contributed by atoms with van der Waals surface area (Å²) in [4.78, 5) is 2.64. The Hall–Kier alpha value is -0.870. The summed E-state index contributed by atoms with van der Waals surface area (Å²) in [6.07, 6.45) is 7.32. The van der Waals surface area contributed by atoms with Gasteiger partial charge in [-0.25, -0.2) is 0 Å². The monoisotopic (exact) mass is 250 g/mol. The molecule has 0 bridgehead atoms. The number of hydrogen-bond acceptors (Lipinski definition) is 4. The van der Waals surface area contributed by atoms with E-state index in [1.165, 1.54) is 38.6 Å². The third kappa shape index (κ3) is 2.45. The Morgan fingerprint density at radius 2 is 2.17 bits per heavy atom. The van der Waals surface area contributed by atoms with Gasteiger partial charge in [0, 0.05) is 31.0 Å². The minimum absolute atomic E-state index is 0.132. The molecule has 100 valence electrons. The van der Waals surface area contributed by atoms with E-state index in [1.54, 1.807) is 0 Å². The van der Waals surface area contributed by atoms with Gasteiger partial charge in [0.1, 0.15) is 5.76 Å². The lowest BCUT2D eigenvalue weighted by Crippen LogP contribution is -2.30. The molecule has 1 aliphatic carbocycles. The van der Waals surface area contributed by atoms with Gasteiger partial charge >= 0.3 is 0 Å². The van der Waals surface area contributed by atoms with Crippen molar-refractivity contribution >= 4 is 0 Å². The molecule has 0 radical (unpaired) electrons. The van der Waals surface area contributed by atoms with Gasteiger partial charge in [0.05, 0.1) is 12.3 Å². The third-order valence-electron chi connectivity index (χ3n) is 4.41. The van der Waals surface area contributed by atoms with E-state index in [-0.39, 0.29) is 6.61 Å². The smallest absolute Gasteiger partial charge is 0.139 e. The lowest BCUT2D eigenvalue weighted by molar-refractivity contribution is 0.242. The predicted molar refractivity (Wildman–Crippen MR) is 68.5 cm³/mol. The molecule has 0 unspecified atom stereocenters. The van der Waals surface area contributed by atoms with Gasteiger partial charge in [-0.1, -0.05) is 18.0 Å². The summed E-state index contributed by atoms with van der Waals surface area (Å²) in [5, 5.41) is 13.0. The standard InChI is InChI=1S/C14H22N2O2/c17-8-6-13-9-14(15-18-13)11-5-7-16(10-11)12-3-1-2-4-12/h9,11-12,17H,1-8,10H2/t11-/m1/s1. The zero-order chi connectivity index (χ0) is 12.4. The van der Waals surface area contributed by atoms with E-state index in [9.17, 15) is 0 Å². The fourth-order valence-electron chi connectivity index (χ4n) is 3.38. The highest BCUT2D eigenvalue weighted by Crippen LogP contribution is 2.32. The van der Waals surface area contributed by atoms with E-state index >= 15 is 0 Å². The zero-order valence-electron chi connectivity index (χ0n) is 10.8. The molecule has 1 aromatic heterocycles. The maximum absolute atomic E-state index is 8.88. The first-order valence-electron chi connectivity index (χ1n) is 7.17. The van der Waals surface area contributed by atoms with Crippen molar-refractivity contribution < 1.29 is 9.63 Å². The van der Waals surface area contributed by atoms with Gasteiger partial charge in [0.2, 0.25) is 0 Å². The van der Waals surface area contributed by atoms with Crippen LogP contribution in [0.1, 0.15) is 49.5 Å². The molecule has 2 aliphatic rings. The van der Waals surface area contributed by atoms with Gasteiger partial charge in [0.15, 0.2) is 0 Å². The van der Waals surface area contributed by atoms with Crippen molar-refractivity contribution in [1.29, 1.82) is 0 Å². The SMILES string of the molecule is OCCc1cc([C@@H]2CCN(C3CCCC3)C2)no1. The zero-order valence-corrected chi connectivity index (χ0v) is 10.8. The van der Waals surface area contributed by atoms with Crippen LogP contribution in [0.2, 0.25) is 0 Å². The molecule has 18 heavy (non-hydrogen) atoms. The fourth-order valence-corrected chi connectivity index (χ4v) is 3.38. The van der Waals surface area contributed by atoms with Gasteiger partial charge in [-0.3, -0.25) is 4.90 Å². The Labute approximate surface area is 108 Å². The summed E-state index contributed by atoms with van der Waals surface area (Å²) in [6.45, 7) is 2.47. The number of aliphatic hydroxyl groups excluding tert-OH is 1. The van der Waals surface area contributed by atoms with E-state index in [0.717, 1.165) is 24.0 Å². The van der Waals surface area contributed by atoms with Crippen LogP contribution in [-0.4, -0.2) is 40.9 Å². The maximum Gasteiger partial charge on any atom is 0.139 e. The maximum atomic E-state index is 8.88. The van der Waals surface area contributed by atoms with Crippen molar-refractivity contribution in [2.45, 2.75) is 50.5 Å². The molecular weight excluding hydrogens is 228 g/mol. The number of hydrogen-bond donors (Lipinski definition) is 1. The molecule has 0 aromatic carbocycles.